The number of halogens is 3. The van der Waals surface area contributed by atoms with Gasteiger partial charge in [-0.25, -0.2) is 4.79 Å². The number of methoxy groups -OCH3 is 1. The number of amides is 2. The van der Waals surface area contributed by atoms with Crippen molar-refractivity contribution in [2.75, 3.05) is 25.9 Å². The van der Waals surface area contributed by atoms with Crippen LogP contribution in [0.2, 0.25) is 0 Å². The summed E-state index contributed by atoms with van der Waals surface area (Å²) in [6.45, 7) is 4.67. The number of ether oxygens (including phenoxy) is 2. The van der Waals surface area contributed by atoms with Crippen LogP contribution in [0, 0.1) is 23.7 Å². The summed E-state index contributed by atoms with van der Waals surface area (Å²) in [4.78, 5) is 22.4. The Hall–Kier alpha value is -3.53. The van der Waals surface area contributed by atoms with E-state index in [1.54, 1.807) is 26.1 Å². The highest BCUT2D eigenvalue weighted by molar-refractivity contribution is 5.81. The molecule has 0 bridgehead atoms. The number of rotatable bonds is 3. The number of hydrogen-bond donors (Lipinski definition) is 3. The lowest BCUT2D eigenvalue weighted by Gasteiger charge is -2.19. The zero-order chi connectivity index (χ0) is 22.9. The number of nitrogens with two attached hydrogens (primary N) is 1. The molecule has 7 nitrogen and oxygen atoms in total. The van der Waals surface area contributed by atoms with Crippen molar-refractivity contribution in [3.8, 4) is 29.4 Å². The van der Waals surface area contributed by atoms with Crippen molar-refractivity contribution >= 4 is 17.7 Å². The molecule has 0 radical (unpaired) electrons. The van der Waals surface area contributed by atoms with Crippen molar-refractivity contribution < 1.29 is 32.2 Å². The van der Waals surface area contributed by atoms with Gasteiger partial charge in [-0.3, -0.25) is 4.79 Å². The van der Waals surface area contributed by atoms with E-state index in [1.807, 2.05) is 0 Å². The topological polar surface area (TPSA) is 103 Å². The highest BCUT2D eigenvalue weighted by Crippen LogP contribution is 2.25. The van der Waals surface area contributed by atoms with Gasteiger partial charge >= 0.3 is 18.2 Å². The molecule has 1 aromatic carbocycles. The number of alkyl halides is 3. The summed E-state index contributed by atoms with van der Waals surface area (Å²) in [6.07, 6.45) is -5.60. The summed E-state index contributed by atoms with van der Waals surface area (Å²) in [7, 11) is 1.37. The van der Waals surface area contributed by atoms with Gasteiger partial charge in [-0.05, 0) is 32.9 Å². The van der Waals surface area contributed by atoms with Crippen LogP contribution < -0.4 is 21.1 Å². The average molecular weight is 425 g/mol. The van der Waals surface area contributed by atoms with Crippen LogP contribution in [0.15, 0.2) is 12.1 Å². The van der Waals surface area contributed by atoms with Crippen molar-refractivity contribution in [1.29, 1.82) is 0 Å². The van der Waals surface area contributed by atoms with Gasteiger partial charge in [-0.1, -0.05) is 23.7 Å². The third-order valence-corrected chi connectivity index (χ3v) is 3.08. The molecule has 0 saturated heterocycles. The second-order valence-corrected chi connectivity index (χ2v) is 6.79. The van der Waals surface area contributed by atoms with Gasteiger partial charge in [-0.15, -0.1) is 0 Å². The number of carbonyl (C=O) groups excluding carboxylic acids is 2. The molecule has 0 spiro atoms. The molecule has 4 N–H and O–H groups in total. The summed E-state index contributed by atoms with van der Waals surface area (Å²) in [5.41, 5.74) is 6.12. The Bertz CT molecular complexity index is 914. The number of nitrogen functional groups attached to an aromatic ring is 1. The fraction of sp³-hybridized carbons (Fsp3) is 0.400. The number of alkyl carbamates (subject to hydrolysis) is 1. The first-order valence-electron chi connectivity index (χ1n) is 8.60. The van der Waals surface area contributed by atoms with Gasteiger partial charge in [0.1, 0.15) is 11.4 Å². The maximum atomic E-state index is 12.2. The van der Waals surface area contributed by atoms with E-state index in [4.69, 9.17) is 15.2 Å². The molecule has 2 amide bonds. The molecule has 0 fully saturated rings. The number of carbonyl (C=O) groups is 2. The first-order valence-corrected chi connectivity index (χ1v) is 8.60. The van der Waals surface area contributed by atoms with Crippen molar-refractivity contribution in [1.82, 2.24) is 10.6 Å². The second kappa shape index (κ2) is 10.3. The van der Waals surface area contributed by atoms with Crippen LogP contribution in [0.5, 0.6) is 5.75 Å². The van der Waals surface area contributed by atoms with Gasteiger partial charge in [0, 0.05) is 5.69 Å². The van der Waals surface area contributed by atoms with Crippen LogP contribution in [0.25, 0.3) is 0 Å². The molecular formula is C20H22F3N3O4. The van der Waals surface area contributed by atoms with E-state index in [0.29, 0.717) is 11.3 Å². The molecule has 162 valence electrons. The van der Waals surface area contributed by atoms with E-state index >= 15 is 0 Å². The molecule has 0 saturated carbocycles. The first kappa shape index (κ1) is 24.5. The van der Waals surface area contributed by atoms with E-state index in [9.17, 15) is 22.8 Å². The lowest BCUT2D eigenvalue weighted by atomic mass is 10.1. The fourth-order valence-corrected chi connectivity index (χ4v) is 1.99. The minimum absolute atomic E-state index is 0.00263. The second-order valence-electron chi connectivity index (χ2n) is 6.79. The third kappa shape index (κ3) is 8.65. The Morgan fingerprint density at radius 2 is 1.53 bits per heavy atom. The number of hydrogen-bond acceptors (Lipinski definition) is 5. The quantitative estimate of drug-likeness (QED) is 0.509. The summed E-state index contributed by atoms with van der Waals surface area (Å²) >= 11 is 0. The highest BCUT2D eigenvalue weighted by atomic mass is 19.4. The van der Waals surface area contributed by atoms with Crippen LogP contribution in [0.1, 0.15) is 31.9 Å². The van der Waals surface area contributed by atoms with Crippen molar-refractivity contribution in [3.63, 3.8) is 0 Å². The van der Waals surface area contributed by atoms with Crippen molar-refractivity contribution in [3.05, 3.63) is 23.3 Å². The number of benzene rings is 1. The Morgan fingerprint density at radius 1 is 1.03 bits per heavy atom. The molecule has 0 aliphatic rings. The Labute approximate surface area is 172 Å². The summed E-state index contributed by atoms with van der Waals surface area (Å²) in [6, 6.07) is 2.98. The lowest BCUT2D eigenvalue weighted by molar-refractivity contribution is -0.173. The minimum atomic E-state index is -4.98. The van der Waals surface area contributed by atoms with Gasteiger partial charge in [-0.2, -0.15) is 13.2 Å². The van der Waals surface area contributed by atoms with Crippen LogP contribution in [0.3, 0.4) is 0 Å². The minimum Gasteiger partial charge on any atom is -0.494 e. The van der Waals surface area contributed by atoms with Crippen LogP contribution in [-0.2, 0) is 9.53 Å². The molecule has 0 aliphatic heterocycles. The molecule has 30 heavy (non-hydrogen) atoms. The molecule has 0 aliphatic carbocycles. The first-order chi connectivity index (χ1) is 13.8. The van der Waals surface area contributed by atoms with Crippen molar-refractivity contribution in [2.24, 2.45) is 0 Å². The van der Waals surface area contributed by atoms with E-state index in [2.05, 4.69) is 29.0 Å². The number of nitrogens with one attached hydrogen (secondary N) is 2. The largest absolute Gasteiger partial charge is 0.494 e. The standard InChI is InChI=1S/C20H22F3N3O4/c1-19(2,3)30-18(28)26-10-6-8-14-12-15(24)11-13(16(14)29-4)7-5-9-25-17(27)20(21,22)23/h11-12H,9-10,24H2,1-4H3,(H,25,27)(H,26,28). The smallest absolute Gasteiger partial charge is 0.471 e. The molecule has 0 unspecified atom stereocenters. The maximum absolute atomic E-state index is 12.2. The summed E-state index contributed by atoms with van der Waals surface area (Å²) in [5, 5.41) is 4.11. The monoisotopic (exact) mass is 425 g/mol. The van der Waals surface area contributed by atoms with E-state index in [-0.39, 0.29) is 17.9 Å². The number of anilines is 1. The Kier molecular flexibility index (Phi) is 8.42. The third-order valence-electron chi connectivity index (χ3n) is 3.08. The van der Waals surface area contributed by atoms with E-state index in [1.165, 1.54) is 19.2 Å². The van der Waals surface area contributed by atoms with Gasteiger partial charge in [0.05, 0.1) is 31.3 Å². The molecule has 1 rings (SSSR count). The van der Waals surface area contributed by atoms with Crippen LogP contribution in [0.4, 0.5) is 23.7 Å². The normalized spacial score (nSPS) is 10.6. The fourth-order valence-electron chi connectivity index (χ4n) is 1.99. The van der Waals surface area contributed by atoms with Gasteiger partial charge in [0.15, 0.2) is 0 Å². The van der Waals surface area contributed by atoms with E-state index < -0.39 is 30.3 Å². The van der Waals surface area contributed by atoms with E-state index in [0.717, 1.165) is 0 Å². The summed E-state index contributed by atoms with van der Waals surface area (Å²) < 4.78 is 46.8. The van der Waals surface area contributed by atoms with Gasteiger partial charge < -0.3 is 25.8 Å². The van der Waals surface area contributed by atoms with Gasteiger partial charge in [0.2, 0.25) is 0 Å². The Morgan fingerprint density at radius 3 is 1.97 bits per heavy atom. The summed E-state index contributed by atoms with van der Waals surface area (Å²) in [5.74, 6) is 8.66. The predicted octanol–water partition coefficient (Wildman–Crippen LogP) is 2.18. The molecule has 1 aromatic rings. The maximum Gasteiger partial charge on any atom is 0.471 e. The zero-order valence-electron chi connectivity index (χ0n) is 16.9. The van der Waals surface area contributed by atoms with Gasteiger partial charge in [0.25, 0.3) is 0 Å². The molecule has 0 aromatic heterocycles. The van der Waals surface area contributed by atoms with Crippen LogP contribution >= 0.6 is 0 Å². The highest BCUT2D eigenvalue weighted by Gasteiger charge is 2.38. The average Bonchev–Trinajstić information content (AvgIpc) is 2.59. The predicted molar refractivity (Wildman–Crippen MR) is 104 cm³/mol. The van der Waals surface area contributed by atoms with Crippen LogP contribution in [-0.4, -0.2) is 44.0 Å². The molecule has 10 heteroatoms. The molecule has 0 atom stereocenters. The van der Waals surface area contributed by atoms with Crippen molar-refractivity contribution in [2.45, 2.75) is 32.5 Å². The molecular weight excluding hydrogens is 403 g/mol. The Balaban J connectivity index is 2.90. The lowest BCUT2D eigenvalue weighted by Crippen LogP contribution is -2.36. The molecule has 0 heterocycles. The SMILES string of the molecule is COc1c(C#CCNC(=O)OC(C)(C)C)cc(N)cc1C#CCNC(=O)C(F)(F)F. The zero-order valence-corrected chi connectivity index (χ0v) is 16.9.